The molecule has 0 fully saturated rings. The molecule has 10 aromatic rings. The number of anilines is 3. The maximum atomic E-state index is 2.38. The van der Waals surface area contributed by atoms with Crippen LogP contribution in [0.4, 0.5) is 17.1 Å². The Bertz CT molecular complexity index is 2790. The predicted molar refractivity (Wildman–Crippen MR) is 219 cm³/mol. The normalized spacial score (nSPS) is 11.5. The predicted octanol–water partition coefficient (Wildman–Crippen LogP) is 14.0. The highest BCUT2D eigenvalue weighted by molar-refractivity contribution is 7.25. The first kappa shape index (κ1) is 29.5. The first-order chi connectivity index (χ1) is 25.3. The van der Waals surface area contributed by atoms with Crippen LogP contribution in [0, 0.1) is 0 Å². The zero-order valence-corrected chi connectivity index (χ0v) is 28.6. The molecule has 0 spiro atoms. The lowest BCUT2D eigenvalue weighted by Crippen LogP contribution is -2.09. The summed E-state index contributed by atoms with van der Waals surface area (Å²) in [6.07, 6.45) is 0. The molecule has 0 saturated heterocycles. The number of para-hydroxylation sites is 2. The molecule has 2 aromatic heterocycles. The molecule has 0 amide bonds. The van der Waals surface area contributed by atoms with E-state index in [2.05, 4.69) is 204 Å². The van der Waals surface area contributed by atoms with Crippen LogP contribution in [-0.4, -0.2) is 4.57 Å². The van der Waals surface area contributed by atoms with Crippen molar-refractivity contribution in [1.82, 2.24) is 4.57 Å². The van der Waals surface area contributed by atoms with Crippen molar-refractivity contribution in [3.63, 3.8) is 0 Å². The standard InChI is InChI=1S/C48H32N2S/c1-2-11-33(12-3-1)34-21-25-37(26-22-34)49(40-29-30-44-43-17-6-9-20-47(43)51-48(44)32-40)38-27-23-35(24-28-38)36-13-10-14-39(31-36)50-45-18-7-4-15-41(45)42-16-5-8-19-46(42)50/h1-32H. The van der Waals surface area contributed by atoms with Crippen LogP contribution in [0.2, 0.25) is 0 Å². The van der Waals surface area contributed by atoms with Gasteiger partial charge in [0.05, 0.1) is 11.0 Å². The van der Waals surface area contributed by atoms with Gasteiger partial charge >= 0.3 is 0 Å². The molecule has 0 bridgehead atoms. The van der Waals surface area contributed by atoms with Gasteiger partial charge in [-0.3, -0.25) is 0 Å². The molecule has 2 heterocycles. The van der Waals surface area contributed by atoms with Gasteiger partial charge in [0, 0.05) is 53.7 Å². The first-order valence-electron chi connectivity index (χ1n) is 17.3. The Morgan fingerprint density at radius 2 is 0.843 bits per heavy atom. The van der Waals surface area contributed by atoms with Crippen molar-refractivity contribution in [2.75, 3.05) is 4.90 Å². The summed E-state index contributed by atoms with van der Waals surface area (Å²) in [5, 5.41) is 5.16. The number of fused-ring (bicyclic) bond motifs is 6. The Balaban J connectivity index is 1.06. The van der Waals surface area contributed by atoms with Gasteiger partial charge in [-0.1, -0.05) is 127 Å². The van der Waals surface area contributed by atoms with E-state index in [9.17, 15) is 0 Å². The van der Waals surface area contributed by atoms with Crippen LogP contribution >= 0.6 is 11.3 Å². The van der Waals surface area contributed by atoms with Crippen molar-refractivity contribution in [2.45, 2.75) is 0 Å². The second kappa shape index (κ2) is 12.2. The van der Waals surface area contributed by atoms with E-state index in [0.717, 1.165) is 22.7 Å². The molecule has 0 saturated carbocycles. The number of hydrogen-bond acceptors (Lipinski definition) is 2. The molecule has 0 atom stereocenters. The zero-order valence-electron chi connectivity index (χ0n) is 27.8. The van der Waals surface area contributed by atoms with Crippen molar-refractivity contribution >= 4 is 70.4 Å². The highest BCUT2D eigenvalue weighted by Crippen LogP contribution is 2.41. The van der Waals surface area contributed by atoms with Crippen molar-refractivity contribution in [3.8, 4) is 27.9 Å². The van der Waals surface area contributed by atoms with Crippen LogP contribution in [0.5, 0.6) is 0 Å². The molecule has 0 unspecified atom stereocenters. The summed E-state index contributed by atoms with van der Waals surface area (Å²) in [7, 11) is 0. The van der Waals surface area contributed by atoms with Gasteiger partial charge in [-0.05, 0) is 89.0 Å². The fourth-order valence-corrected chi connectivity index (χ4v) is 8.70. The van der Waals surface area contributed by atoms with Gasteiger partial charge in [0.1, 0.15) is 0 Å². The second-order valence-corrected chi connectivity index (χ2v) is 14.1. The Hall–Kier alpha value is -6.42. The smallest absolute Gasteiger partial charge is 0.0541 e. The summed E-state index contributed by atoms with van der Waals surface area (Å²) in [6, 6.07) is 70.4. The van der Waals surface area contributed by atoms with E-state index in [-0.39, 0.29) is 0 Å². The number of aromatic nitrogens is 1. The molecule has 3 heteroatoms. The summed E-state index contributed by atoms with van der Waals surface area (Å²) < 4.78 is 4.99. The number of nitrogens with zero attached hydrogens (tertiary/aromatic N) is 2. The summed E-state index contributed by atoms with van der Waals surface area (Å²) >= 11 is 1.86. The maximum absolute atomic E-state index is 2.38. The summed E-state index contributed by atoms with van der Waals surface area (Å²) in [6.45, 7) is 0. The molecule has 8 aromatic carbocycles. The van der Waals surface area contributed by atoms with Crippen LogP contribution in [0.25, 0.3) is 69.9 Å². The molecule has 0 radical (unpaired) electrons. The van der Waals surface area contributed by atoms with Crippen LogP contribution < -0.4 is 4.90 Å². The molecule has 51 heavy (non-hydrogen) atoms. The summed E-state index contributed by atoms with van der Waals surface area (Å²) in [5.41, 5.74) is 11.8. The number of rotatable bonds is 6. The number of thiophene rings is 1. The highest BCUT2D eigenvalue weighted by atomic mass is 32.1. The van der Waals surface area contributed by atoms with Crippen LogP contribution in [0.1, 0.15) is 0 Å². The van der Waals surface area contributed by atoms with Crippen LogP contribution in [0.15, 0.2) is 194 Å². The van der Waals surface area contributed by atoms with E-state index >= 15 is 0 Å². The lowest BCUT2D eigenvalue weighted by molar-refractivity contribution is 1.18. The van der Waals surface area contributed by atoms with E-state index in [0.29, 0.717) is 0 Å². The third-order valence-corrected chi connectivity index (χ3v) is 11.1. The van der Waals surface area contributed by atoms with E-state index in [1.807, 2.05) is 11.3 Å². The van der Waals surface area contributed by atoms with Crippen molar-refractivity contribution in [3.05, 3.63) is 194 Å². The molecule has 240 valence electrons. The van der Waals surface area contributed by atoms with Gasteiger partial charge in [0.2, 0.25) is 0 Å². The molecular weight excluding hydrogens is 637 g/mol. The zero-order chi connectivity index (χ0) is 33.7. The Kier molecular flexibility index (Phi) is 7.04. The van der Waals surface area contributed by atoms with Crippen molar-refractivity contribution < 1.29 is 0 Å². The molecular formula is C48H32N2S. The van der Waals surface area contributed by atoms with E-state index in [1.54, 1.807) is 0 Å². The van der Waals surface area contributed by atoms with E-state index < -0.39 is 0 Å². The fraction of sp³-hybridized carbons (Fsp3) is 0. The summed E-state index contributed by atoms with van der Waals surface area (Å²) in [5.74, 6) is 0. The lowest BCUT2D eigenvalue weighted by Gasteiger charge is -2.26. The van der Waals surface area contributed by atoms with Crippen molar-refractivity contribution in [2.24, 2.45) is 0 Å². The minimum absolute atomic E-state index is 1.12. The van der Waals surface area contributed by atoms with Crippen LogP contribution in [0.3, 0.4) is 0 Å². The Morgan fingerprint density at radius 1 is 0.333 bits per heavy atom. The fourth-order valence-electron chi connectivity index (χ4n) is 7.56. The minimum Gasteiger partial charge on any atom is -0.310 e. The molecule has 0 N–H and O–H groups in total. The Morgan fingerprint density at radius 3 is 1.53 bits per heavy atom. The van der Waals surface area contributed by atoms with Gasteiger partial charge in [-0.2, -0.15) is 0 Å². The van der Waals surface area contributed by atoms with Crippen LogP contribution in [-0.2, 0) is 0 Å². The van der Waals surface area contributed by atoms with Gasteiger partial charge in [0.25, 0.3) is 0 Å². The van der Waals surface area contributed by atoms with Gasteiger partial charge in [-0.15, -0.1) is 11.3 Å². The third kappa shape index (κ3) is 5.10. The van der Waals surface area contributed by atoms with Gasteiger partial charge in [-0.25, -0.2) is 0 Å². The molecule has 10 rings (SSSR count). The van der Waals surface area contributed by atoms with E-state index in [1.165, 1.54) is 64.2 Å². The van der Waals surface area contributed by atoms with Gasteiger partial charge in [0.15, 0.2) is 0 Å². The minimum atomic E-state index is 1.12. The first-order valence-corrected chi connectivity index (χ1v) is 18.2. The molecule has 2 nitrogen and oxygen atoms in total. The third-order valence-electron chi connectivity index (χ3n) is 10.00. The van der Waals surface area contributed by atoms with Crippen molar-refractivity contribution in [1.29, 1.82) is 0 Å². The van der Waals surface area contributed by atoms with Gasteiger partial charge < -0.3 is 9.47 Å². The average Bonchev–Trinajstić information content (AvgIpc) is 3.74. The maximum Gasteiger partial charge on any atom is 0.0541 e. The SMILES string of the molecule is c1ccc(-c2ccc(N(c3ccc(-c4cccc(-n5c6ccccc6c6ccccc65)c4)cc3)c3ccc4c(c3)sc3ccccc34)cc2)cc1. The lowest BCUT2D eigenvalue weighted by atomic mass is 10.0. The largest absolute Gasteiger partial charge is 0.310 e. The Labute approximate surface area is 300 Å². The molecule has 0 aliphatic carbocycles. The quantitative estimate of drug-likeness (QED) is 0.171. The topological polar surface area (TPSA) is 8.17 Å². The van der Waals surface area contributed by atoms with E-state index in [4.69, 9.17) is 0 Å². The molecule has 0 aliphatic rings. The second-order valence-electron chi connectivity index (χ2n) is 13.0. The number of benzene rings is 8. The summed E-state index contributed by atoms with van der Waals surface area (Å²) in [4.78, 5) is 2.37. The monoisotopic (exact) mass is 668 g/mol. The number of hydrogen-bond donors (Lipinski definition) is 0. The molecule has 0 aliphatic heterocycles. The highest BCUT2D eigenvalue weighted by Gasteiger charge is 2.16. The average molecular weight is 669 g/mol.